The zero-order valence-corrected chi connectivity index (χ0v) is 13.9. The van der Waals surface area contributed by atoms with Crippen LogP contribution < -0.4 is 5.32 Å². The van der Waals surface area contributed by atoms with Crippen LogP contribution in [0.1, 0.15) is 51.8 Å². The summed E-state index contributed by atoms with van der Waals surface area (Å²) in [5.41, 5.74) is 2.43. The van der Waals surface area contributed by atoms with Crippen molar-refractivity contribution in [1.82, 2.24) is 20.0 Å². The van der Waals surface area contributed by atoms with Gasteiger partial charge in [-0.2, -0.15) is 5.10 Å². The highest BCUT2D eigenvalue weighted by atomic mass is 16.2. The van der Waals surface area contributed by atoms with E-state index in [1.165, 1.54) is 5.56 Å². The number of amides is 1. The SMILES string of the molecule is CC(CN1CCCC1=O)NCc1cn(C)nc1C(C)(C)C. The molecule has 1 aliphatic rings. The maximum absolute atomic E-state index is 11.7. The third kappa shape index (κ3) is 4.06. The van der Waals surface area contributed by atoms with Crippen LogP contribution in [-0.4, -0.2) is 39.7 Å². The third-order valence-electron chi connectivity index (χ3n) is 3.92. The first-order valence-electron chi connectivity index (χ1n) is 7.81. The molecule has 1 N–H and O–H groups in total. The standard InChI is InChI=1S/C16H28N4O/c1-12(10-20-8-6-7-14(20)21)17-9-13-11-19(5)18-15(13)16(2,3)4/h11-12,17H,6-10H2,1-5H3. The van der Waals surface area contributed by atoms with E-state index in [0.717, 1.165) is 31.7 Å². The summed E-state index contributed by atoms with van der Waals surface area (Å²) in [6.45, 7) is 11.2. The molecule has 0 bridgehead atoms. The van der Waals surface area contributed by atoms with Crippen LogP contribution in [0.15, 0.2) is 6.20 Å². The van der Waals surface area contributed by atoms with Gasteiger partial charge in [0.05, 0.1) is 5.69 Å². The van der Waals surface area contributed by atoms with Gasteiger partial charge in [0.2, 0.25) is 5.91 Å². The molecule has 5 nitrogen and oxygen atoms in total. The van der Waals surface area contributed by atoms with E-state index >= 15 is 0 Å². The summed E-state index contributed by atoms with van der Waals surface area (Å²) in [7, 11) is 1.96. The molecule has 5 heteroatoms. The van der Waals surface area contributed by atoms with Gasteiger partial charge in [0.25, 0.3) is 0 Å². The Morgan fingerprint density at radius 3 is 2.71 bits per heavy atom. The molecule has 1 saturated heterocycles. The molecule has 1 amide bonds. The quantitative estimate of drug-likeness (QED) is 0.900. The lowest BCUT2D eigenvalue weighted by Gasteiger charge is -2.23. The topological polar surface area (TPSA) is 50.2 Å². The van der Waals surface area contributed by atoms with Crippen LogP contribution in [0.2, 0.25) is 0 Å². The number of nitrogens with one attached hydrogen (secondary N) is 1. The van der Waals surface area contributed by atoms with Crippen LogP contribution in [0.25, 0.3) is 0 Å². The van der Waals surface area contributed by atoms with Gasteiger partial charge in [0, 0.05) is 56.3 Å². The Morgan fingerprint density at radius 1 is 1.43 bits per heavy atom. The third-order valence-corrected chi connectivity index (χ3v) is 3.92. The Balaban J connectivity index is 1.92. The number of carbonyl (C=O) groups excluding carboxylic acids is 1. The minimum Gasteiger partial charge on any atom is -0.341 e. The Hall–Kier alpha value is -1.36. The van der Waals surface area contributed by atoms with E-state index in [-0.39, 0.29) is 5.41 Å². The number of carbonyl (C=O) groups is 1. The van der Waals surface area contributed by atoms with Gasteiger partial charge in [-0.25, -0.2) is 0 Å². The van der Waals surface area contributed by atoms with Crippen LogP contribution >= 0.6 is 0 Å². The number of hydrogen-bond donors (Lipinski definition) is 1. The number of likely N-dealkylation sites (tertiary alicyclic amines) is 1. The fraction of sp³-hybridized carbons (Fsp3) is 0.750. The zero-order valence-electron chi connectivity index (χ0n) is 13.9. The monoisotopic (exact) mass is 292 g/mol. The van der Waals surface area contributed by atoms with E-state index < -0.39 is 0 Å². The largest absolute Gasteiger partial charge is 0.341 e. The van der Waals surface area contributed by atoms with Crippen molar-refractivity contribution < 1.29 is 4.79 Å². The predicted octanol–water partition coefficient (Wildman–Crippen LogP) is 1.82. The molecule has 2 heterocycles. The summed E-state index contributed by atoms with van der Waals surface area (Å²) >= 11 is 0. The van der Waals surface area contributed by atoms with Crippen LogP contribution in [-0.2, 0) is 23.8 Å². The first-order chi connectivity index (χ1) is 9.77. The van der Waals surface area contributed by atoms with E-state index in [9.17, 15) is 4.79 Å². The van der Waals surface area contributed by atoms with Gasteiger partial charge in [0.1, 0.15) is 0 Å². The van der Waals surface area contributed by atoms with Gasteiger partial charge in [-0.05, 0) is 13.3 Å². The van der Waals surface area contributed by atoms with E-state index in [1.54, 1.807) is 0 Å². The molecule has 1 unspecified atom stereocenters. The average Bonchev–Trinajstić information content (AvgIpc) is 2.93. The van der Waals surface area contributed by atoms with Crippen molar-refractivity contribution >= 4 is 5.91 Å². The highest BCUT2D eigenvalue weighted by molar-refractivity contribution is 5.78. The molecule has 0 radical (unpaired) electrons. The molecule has 21 heavy (non-hydrogen) atoms. The first-order valence-corrected chi connectivity index (χ1v) is 7.81. The van der Waals surface area contributed by atoms with E-state index in [2.05, 4.69) is 44.3 Å². The molecule has 118 valence electrons. The van der Waals surface area contributed by atoms with Crippen molar-refractivity contribution in [3.8, 4) is 0 Å². The minimum absolute atomic E-state index is 0.0480. The molecule has 1 fully saturated rings. The molecule has 1 aliphatic heterocycles. The summed E-state index contributed by atoms with van der Waals surface area (Å²) in [4.78, 5) is 13.6. The second kappa shape index (κ2) is 6.18. The summed E-state index contributed by atoms with van der Waals surface area (Å²) in [5, 5.41) is 8.11. The van der Waals surface area contributed by atoms with Crippen LogP contribution in [0, 0.1) is 0 Å². The van der Waals surface area contributed by atoms with Gasteiger partial charge in [-0.3, -0.25) is 9.48 Å². The summed E-state index contributed by atoms with van der Waals surface area (Å²) < 4.78 is 1.88. The van der Waals surface area contributed by atoms with Crippen molar-refractivity contribution in [2.75, 3.05) is 13.1 Å². The lowest BCUT2D eigenvalue weighted by atomic mass is 9.89. The molecule has 1 atom stereocenters. The van der Waals surface area contributed by atoms with Gasteiger partial charge >= 0.3 is 0 Å². The number of aromatic nitrogens is 2. The maximum Gasteiger partial charge on any atom is 0.222 e. The molecule has 1 aromatic heterocycles. The number of nitrogens with zero attached hydrogens (tertiary/aromatic N) is 3. The Bertz CT molecular complexity index is 501. The van der Waals surface area contributed by atoms with Crippen LogP contribution in [0.5, 0.6) is 0 Å². The first kappa shape index (κ1) is 16.0. The zero-order chi connectivity index (χ0) is 15.6. The normalized spacial score (nSPS) is 17.6. The molecule has 0 saturated carbocycles. The van der Waals surface area contributed by atoms with E-state index in [1.807, 2.05) is 16.6 Å². The summed E-state index contributed by atoms with van der Waals surface area (Å²) in [6, 6.07) is 0.292. The van der Waals surface area contributed by atoms with Gasteiger partial charge in [-0.1, -0.05) is 20.8 Å². The highest BCUT2D eigenvalue weighted by Gasteiger charge is 2.23. The molecule has 0 aliphatic carbocycles. The van der Waals surface area contributed by atoms with Crippen LogP contribution in [0.3, 0.4) is 0 Å². The second-order valence-electron chi connectivity index (χ2n) is 7.15. The average molecular weight is 292 g/mol. The van der Waals surface area contributed by atoms with Crippen molar-refractivity contribution in [2.24, 2.45) is 7.05 Å². The van der Waals surface area contributed by atoms with Crippen molar-refractivity contribution in [2.45, 2.75) is 58.5 Å². The molecule has 1 aromatic rings. The molecular formula is C16H28N4O. The minimum atomic E-state index is 0.0480. The highest BCUT2D eigenvalue weighted by Crippen LogP contribution is 2.24. The number of hydrogen-bond acceptors (Lipinski definition) is 3. The number of rotatable bonds is 5. The van der Waals surface area contributed by atoms with Crippen molar-refractivity contribution in [3.63, 3.8) is 0 Å². The van der Waals surface area contributed by atoms with E-state index in [0.29, 0.717) is 18.4 Å². The Labute approximate surface area is 127 Å². The molecular weight excluding hydrogens is 264 g/mol. The lowest BCUT2D eigenvalue weighted by molar-refractivity contribution is -0.127. The molecule has 0 spiro atoms. The van der Waals surface area contributed by atoms with Gasteiger partial charge in [-0.15, -0.1) is 0 Å². The van der Waals surface area contributed by atoms with Crippen molar-refractivity contribution in [3.05, 3.63) is 17.5 Å². The van der Waals surface area contributed by atoms with Crippen molar-refractivity contribution in [1.29, 1.82) is 0 Å². The maximum atomic E-state index is 11.7. The summed E-state index contributed by atoms with van der Waals surface area (Å²) in [5.74, 6) is 0.292. The fourth-order valence-corrected chi connectivity index (χ4v) is 2.87. The molecule has 0 aromatic carbocycles. The van der Waals surface area contributed by atoms with E-state index in [4.69, 9.17) is 0 Å². The fourth-order valence-electron chi connectivity index (χ4n) is 2.87. The van der Waals surface area contributed by atoms with Gasteiger partial charge < -0.3 is 10.2 Å². The van der Waals surface area contributed by atoms with Crippen LogP contribution in [0.4, 0.5) is 0 Å². The summed E-state index contributed by atoms with van der Waals surface area (Å²) in [6.07, 6.45) is 3.80. The molecule has 2 rings (SSSR count). The smallest absolute Gasteiger partial charge is 0.222 e. The second-order valence-corrected chi connectivity index (χ2v) is 7.15. The predicted molar refractivity (Wildman–Crippen MR) is 84.0 cm³/mol. The Kier molecular flexibility index (Phi) is 4.71. The number of aryl methyl sites for hydroxylation is 1. The van der Waals surface area contributed by atoms with Gasteiger partial charge in [0.15, 0.2) is 0 Å². The Morgan fingerprint density at radius 2 is 2.14 bits per heavy atom. The lowest BCUT2D eigenvalue weighted by Crippen LogP contribution is -2.39.